The molecule has 2 N–H and O–H groups in total. The molecule has 0 heterocycles. The maximum absolute atomic E-state index is 11.4. The van der Waals surface area contributed by atoms with Gasteiger partial charge >= 0.3 is 0 Å². The average molecular weight is 1020 g/mol. The van der Waals surface area contributed by atoms with E-state index in [-0.39, 0.29) is 17.1 Å². The zero-order chi connectivity index (χ0) is 54.5. The molecule has 0 saturated heterocycles. The Morgan fingerprint density at radius 3 is 0.859 bits per heavy atom. The Labute approximate surface area is 458 Å². The van der Waals surface area contributed by atoms with Crippen LogP contribution in [0, 0.1) is 41.5 Å². The summed E-state index contributed by atoms with van der Waals surface area (Å²) in [5.41, 5.74) is 21.6. The second-order valence-electron chi connectivity index (χ2n) is 20.1. The molecule has 0 radical (unpaired) electrons. The lowest BCUT2D eigenvalue weighted by atomic mass is 9.88. The number of carbonyl (C=O) groups excluding carboxylic acids is 1. The van der Waals surface area contributed by atoms with E-state index in [9.17, 15) is 15.0 Å². The van der Waals surface area contributed by atoms with Gasteiger partial charge in [-0.2, -0.15) is 0 Å². The van der Waals surface area contributed by atoms with Crippen LogP contribution in [-0.4, -0.2) is 23.6 Å². The van der Waals surface area contributed by atoms with Crippen LogP contribution in [0.5, 0.6) is 17.2 Å². The summed E-state index contributed by atoms with van der Waals surface area (Å²) < 4.78 is 5.33. The smallest absolute Gasteiger partial charge is 0.161 e. The van der Waals surface area contributed by atoms with Gasteiger partial charge in [-0.1, -0.05) is 206 Å². The Hall–Kier alpha value is -9.51. The predicted octanol–water partition coefficient (Wildman–Crippen LogP) is 19.6. The van der Waals surface area contributed by atoms with E-state index in [1.807, 2.05) is 56.3 Å². The highest BCUT2D eigenvalue weighted by atomic mass is 16.5. The Morgan fingerprint density at radius 1 is 0.295 bits per heavy atom. The van der Waals surface area contributed by atoms with E-state index in [1.165, 1.54) is 95.4 Å². The fraction of sp³-hybridized carbons (Fsp3) is 0.0946. The number of fused-ring (bicyclic) bond motifs is 3. The van der Waals surface area contributed by atoms with Gasteiger partial charge in [0.15, 0.2) is 17.8 Å². The van der Waals surface area contributed by atoms with Gasteiger partial charge in [-0.25, -0.2) is 0 Å². The van der Waals surface area contributed by atoms with Crippen LogP contribution in [0.3, 0.4) is 0 Å². The highest BCUT2D eigenvalue weighted by Gasteiger charge is 2.18. The summed E-state index contributed by atoms with van der Waals surface area (Å²) in [6.45, 7) is 12.6. The first-order chi connectivity index (χ1) is 37.9. The first-order valence-corrected chi connectivity index (χ1v) is 26.4. The number of hydrogen-bond acceptors (Lipinski definition) is 4. The number of aryl methyl sites for hydroxylation is 6. The number of methoxy groups -OCH3 is 1. The van der Waals surface area contributed by atoms with E-state index in [2.05, 4.69) is 198 Å². The molecule has 0 bridgehead atoms. The topological polar surface area (TPSA) is 66.8 Å². The minimum atomic E-state index is -0.0224. The number of benzene rings is 12. The molecule has 78 heavy (non-hydrogen) atoms. The Kier molecular flexibility index (Phi) is 15.2. The predicted molar refractivity (Wildman–Crippen MR) is 328 cm³/mol. The maximum atomic E-state index is 11.4. The summed E-state index contributed by atoms with van der Waals surface area (Å²) in [4.78, 5) is 11.4. The van der Waals surface area contributed by atoms with E-state index in [1.54, 1.807) is 18.2 Å². The molecule has 0 aliphatic carbocycles. The highest BCUT2D eigenvalue weighted by Crippen LogP contribution is 2.44. The number of carbonyl (C=O) groups is 1. The van der Waals surface area contributed by atoms with Gasteiger partial charge in [0.1, 0.15) is 5.75 Å². The van der Waals surface area contributed by atoms with Crippen LogP contribution in [0.4, 0.5) is 0 Å². The fourth-order valence-electron chi connectivity index (χ4n) is 11.1. The molecule has 12 aromatic carbocycles. The number of phenolic OH excluding ortho intramolecular Hbond substituents is 2. The fourth-order valence-corrected chi connectivity index (χ4v) is 11.1. The third-order valence-electron chi connectivity index (χ3n) is 15.1. The summed E-state index contributed by atoms with van der Waals surface area (Å²) in [7, 11) is 1.53. The van der Waals surface area contributed by atoms with Crippen LogP contribution in [0.15, 0.2) is 231 Å². The van der Waals surface area contributed by atoms with Gasteiger partial charge < -0.3 is 14.9 Å². The SMILES string of the molecule is COc1cc(-c2cccc3cccc(-c4cc(C=O)c(O)cc4C)c23)c(C)cc1O.Cc1ccccc1-c1cccc2cccc(-c3ccccc3C)c12.Cc1ccccc1-c1cccc2cccc(-c3ccccc3C)c12. The summed E-state index contributed by atoms with van der Waals surface area (Å²) in [5, 5.41) is 27.5. The van der Waals surface area contributed by atoms with Gasteiger partial charge in [-0.15, -0.1) is 0 Å². The Balaban J connectivity index is 0.000000133. The summed E-state index contributed by atoms with van der Waals surface area (Å²) in [6.07, 6.45) is 0.666. The van der Waals surface area contributed by atoms with E-state index >= 15 is 0 Å². The minimum Gasteiger partial charge on any atom is -0.507 e. The van der Waals surface area contributed by atoms with Crippen molar-refractivity contribution in [2.75, 3.05) is 7.11 Å². The number of aldehydes is 1. The van der Waals surface area contributed by atoms with Crippen LogP contribution in [0.1, 0.15) is 43.7 Å². The van der Waals surface area contributed by atoms with Crippen molar-refractivity contribution in [3.63, 3.8) is 0 Å². The van der Waals surface area contributed by atoms with Gasteiger partial charge in [0.25, 0.3) is 0 Å². The summed E-state index contributed by atoms with van der Waals surface area (Å²) >= 11 is 0. The average Bonchev–Trinajstić information content (AvgIpc) is 3.61. The molecule has 0 spiro atoms. The van der Waals surface area contributed by atoms with Crippen LogP contribution < -0.4 is 4.74 Å². The number of phenols is 2. The van der Waals surface area contributed by atoms with Gasteiger partial charge in [0.2, 0.25) is 0 Å². The maximum Gasteiger partial charge on any atom is 0.161 e. The zero-order valence-electron chi connectivity index (χ0n) is 45.2. The third-order valence-corrected chi connectivity index (χ3v) is 15.1. The molecule has 4 nitrogen and oxygen atoms in total. The third kappa shape index (κ3) is 10.3. The van der Waals surface area contributed by atoms with Crippen molar-refractivity contribution in [3.8, 4) is 84.0 Å². The molecule has 12 rings (SSSR count). The Morgan fingerprint density at radius 2 is 0.564 bits per heavy atom. The van der Waals surface area contributed by atoms with Crippen molar-refractivity contribution in [3.05, 3.63) is 269 Å². The van der Waals surface area contributed by atoms with E-state index in [0.29, 0.717) is 12.0 Å². The largest absolute Gasteiger partial charge is 0.507 e. The van der Waals surface area contributed by atoms with Crippen LogP contribution in [0.25, 0.3) is 99.1 Å². The van der Waals surface area contributed by atoms with Crippen LogP contribution >= 0.6 is 0 Å². The molecule has 0 aliphatic rings. The summed E-state index contributed by atoms with van der Waals surface area (Å²) in [5.74, 6) is 0.490. The van der Waals surface area contributed by atoms with E-state index in [4.69, 9.17) is 4.74 Å². The molecule has 0 aliphatic heterocycles. The lowest BCUT2D eigenvalue weighted by Crippen LogP contribution is -1.93. The highest BCUT2D eigenvalue weighted by molar-refractivity contribution is 6.10. The van der Waals surface area contributed by atoms with Crippen LogP contribution in [0.2, 0.25) is 0 Å². The van der Waals surface area contributed by atoms with Crippen LogP contribution in [-0.2, 0) is 0 Å². The monoisotopic (exact) mass is 1010 g/mol. The van der Waals surface area contributed by atoms with Crippen molar-refractivity contribution in [2.24, 2.45) is 0 Å². The summed E-state index contributed by atoms with van der Waals surface area (Å²) in [6, 6.07) is 80.0. The molecule has 0 amide bonds. The van der Waals surface area contributed by atoms with Gasteiger partial charge in [-0.05, 0) is 198 Å². The van der Waals surface area contributed by atoms with E-state index < -0.39 is 0 Å². The van der Waals surface area contributed by atoms with Crippen molar-refractivity contribution in [1.29, 1.82) is 0 Å². The van der Waals surface area contributed by atoms with Gasteiger partial charge in [0.05, 0.1) is 12.7 Å². The standard InChI is InChI=1S/C26H22O4.2C24H20/c1-15-10-23(28)18(14-27)12-21(15)19-8-4-6-17-7-5-9-20(26(17)19)22-13-25(30-3)24(29)11-16(22)2;2*1-17-9-3-5-13-20(17)22-15-7-11-19-12-8-16-23(24(19)22)21-14-6-4-10-18(21)2/h4-14,28-29H,1-3H3;2*3-16H,1-2H3. The van der Waals surface area contributed by atoms with Crippen molar-refractivity contribution < 1.29 is 19.7 Å². The molecule has 12 aromatic rings. The molecular weight excluding hydrogens is 953 g/mol. The first-order valence-electron chi connectivity index (χ1n) is 26.4. The van der Waals surface area contributed by atoms with Gasteiger partial charge in [0, 0.05) is 0 Å². The molecule has 0 atom stereocenters. The van der Waals surface area contributed by atoms with Crippen molar-refractivity contribution in [2.45, 2.75) is 41.5 Å². The van der Waals surface area contributed by atoms with E-state index in [0.717, 1.165) is 44.2 Å². The Bertz CT molecular complexity index is 3870. The number of aromatic hydroxyl groups is 2. The molecule has 0 fully saturated rings. The second-order valence-corrected chi connectivity index (χ2v) is 20.1. The first kappa shape index (κ1) is 52.0. The second kappa shape index (κ2) is 22.8. The normalized spacial score (nSPS) is 10.9. The molecule has 0 aromatic heterocycles. The number of rotatable bonds is 8. The molecule has 4 heteroatoms. The number of hydrogen-bond donors (Lipinski definition) is 2. The molecule has 382 valence electrons. The zero-order valence-corrected chi connectivity index (χ0v) is 45.2. The molecule has 0 unspecified atom stereocenters. The van der Waals surface area contributed by atoms with Crippen molar-refractivity contribution >= 4 is 38.6 Å². The lowest BCUT2D eigenvalue weighted by molar-refractivity contribution is 0.112. The lowest BCUT2D eigenvalue weighted by Gasteiger charge is -2.17. The number of ether oxygens (including phenoxy) is 1. The molecular formula is C74H62O4. The van der Waals surface area contributed by atoms with Crippen molar-refractivity contribution in [1.82, 2.24) is 0 Å². The van der Waals surface area contributed by atoms with Gasteiger partial charge in [-0.3, -0.25) is 4.79 Å². The molecule has 0 saturated carbocycles. The minimum absolute atomic E-state index is 0.0224. The quantitative estimate of drug-likeness (QED) is 0.149.